The van der Waals surface area contributed by atoms with Gasteiger partial charge in [0.1, 0.15) is 5.82 Å². The summed E-state index contributed by atoms with van der Waals surface area (Å²) < 4.78 is 3.42. The molecule has 0 amide bonds. The molecule has 0 N–H and O–H groups in total. The highest BCUT2D eigenvalue weighted by atomic mass is 16.2. The smallest absolute Gasteiger partial charge is 0.279 e. The van der Waals surface area contributed by atoms with E-state index in [2.05, 4.69) is 93.6 Å². The van der Waals surface area contributed by atoms with E-state index in [1.165, 1.54) is 16.7 Å². The number of hydrogen-bond acceptors (Lipinski definition) is 2. The SMILES string of the molecule is CCn1c(CCCc2cccc(C3=C\C=C/C=C\C=C/C=C\C=C3)c2)nn(Cc2ccc(C(C)(C)C)cc2)c1=O. The third-order valence-electron chi connectivity index (χ3n) is 7.03. The predicted molar refractivity (Wildman–Crippen MR) is 169 cm³/mol. The second-order valence-corrected chi connectivity index (χ2v) is 11.1. The van der Waals surface area contributed by atoms with E-state index < -0.39 is 0 Å². The summed E-state index contributed by atoms with van der Waals surface area (Å²) in [6, 6.07) is 17.3. The van der Waals surface area contributed by atoms with Gasteiger partial charge in [-0.1, -0.05) is 136 Å². The molecule has 2 aromatic carbocycles. The van der Waals surface area contributed by atoms with Crippen LogP contribution in [0, 0.1) is 0 Å². The van der Waals surface area contributed by atoms with E-state index in [4.69, 9.17) is 5.10 Å². The van der Waals surface area contributed by atoms with E-state index in [1.807, 2.05) is 54.0 Å². The molecule has 1 aliphatic rings. The van der Waals surface area contributed by atoms with Gasteiger partial charge in [0.25, 0.3) is 0 Å². The van der Waals surface area contributed by atoms with Gasteiger partial charge in [-0.05, 0) is 53.0 Å². The zero-order valence-corrected chi connectivity index (χ0v) is 24.3. The molecular weight excluding hydrogens is 490 g/mol. The van der Waals surface area contributed by atoms with Crippen LogP contribution in [0.3, 0.4) is 0 Å². The molecule has 4 rings (SSSR count). The molecule has 0 saturated carbocycles. The van der Waals surface area contributed by atoms with Crippen molar-refractivity contribution < 1.29 is 0 Å². The van der Waals surface area contributed by atoms with E-state index in [0.717, 1.165) is 36.2 Å². The minimum atomic E-state index is -0.0342. The second kappa shape index (κ2) is 13.7. The van der Waals surface area contributed by atoms with Crippen LogP contribution in [0.1, 0.15) is 62.2 Å². The minimum Gasteiger partial charge on any atom is -0.279 e. The van der Waals surface area contributed by atoms with Crippen LogP contribution in [-0.2, 0) is 31.3 Å². The minimum absolute atomic E-state index is 0.0342. The van der Waals surface area contributed by atoms with Gasteiger partial charge >= 0.3 is 5.69 Å². The first kappa shape index (κ1) is 28.8. The Morgan fingerprint density at radius 3 is 2.12 bits per heavy atom. The van der Waals surface area contributed by atoms with Crippen LogP contribution in [0.4, 0.5) is 0 Å². The molecule has 1 aliphatic carbocycles. The molecule has 0 fully saturated rings. The average molecular weight is 532 g/mol. The van der Waals surface area contributed by atoms with E-state index in [0.29, 0.717) is 13.1 Å². The largest absolute Gasteiger partial charge is 0.346 e. The Kier molecular flexibility index (Phi) is 9.91. The topological polar surface area (TPSA) is 39.8 Å². The number of nitrogens with zero attached hydrogens (tertiary/aromatic N) is 3. The van der Waals surface area contributed by atoms with Gasteiger partial charge in [0.15, 0.2) is 0 Å². The average Bonchev–Trinajstić information content (AvgIpc) is 3.22. The van der Waals surface area contributed by atoms with Gasteiger partial charge < -0.3 is 0 Å². The van der Waals surface area contributed by atoms with Crippen LogP contribution in [0.25, 0.3) is 5.57 Å². The van der Waals surface area contributed by atoms with Crippen molar-refractivity contribution in [2.24, 2.45) is 0 Å². The van der Waals surface area contributed by atoms with Crippen molar-refractivity contribution in [1.82, 2.24) is 14.3 Å². The van der Waals surface area contributed by atoms with Crippen LogP contribution >= 0.6 is 0 Å². The zero-order valence-electron chi connectivity index (χ0n) is 24.3. The first-order chi connectivity index (χ1) is 19.3. The Morgan fingerprint density at radius 1 is 0.775 bits per heavy atom. The van der Waals surface area contributed by atoms with Crippen molar-refractivity contribution in [3.05, 3.63) is 154 Å². The maximum atomic E-state index is 13.1. The quantitative estimate of drug-likeness (QED) is 0.298. The van der Waals surface area contributed by atoms with Crippen LogP contribution < -0.4 is 5.69 Å². The lowest BCUT2D eigenvalue weighted by molar-refractivity contribution is 0.588. The molecular formula is C36H41N3O. The van der Waals surface area contributed by atoms with Crippen molar-refractivity contribution in [1.29, 1.82) is 0 Å². The first-order valence-electron chi connectivity index (χ1n) is 14.3. The fraction of sp³-hybridized carbons (Fsp3) is 0.278. The van der Waals surface area contributed by atoms with Crippen LogP contribution in [0.2, 0.25) is 0 Å². The molecule has 4 heteroatoms. The number of hydrogen-bond donors (Lipinski definition) is 0. The van der Waals surface area contributed by atoms with E-state index in [-0.39, 0.29) is 11.1 Å². The summed E-state index contributed by atoms with van der Waals surface area (Å²) in [6.07, 6.45) is 25.2. The van der Waals surface area contributed by atoms with Crippen LogP contribution in [-0.4, -0.2) is 14.3 Å². The fourth-order valence-electron chi connectivity index (χ4n) is 4.75. The number of aromatic nitrogens is 3. The van der Waals surface area contributed by atoms with Crippen molar-refractivity contribution in [2.45, 2.75) is 65.5 Å². The first-order valence-corrected chi connectivity index (χ1v) is 14.3. The third-order valence-corrected chi connectivity index (χ3v) is 7.03. The zero-order chi connectivity index (χ0) is 28.4. The highest BCUT2D eigenvalue weighted by Crippen LogP contribution is 2.22. The molecule has 40 heavy (non-hydrogen) atoms. The summed E-state index contributed by atoms with van der Waals surface area (Å²) in [5.41, 5.74) is 6.08. The Hall–Kier alpha value is -4.18. The lowest BCUT2D eigenvalue weighted by Crippen LogP contribution is -2.25. The van der Waals surface area contributed by atoms with Crippen LogP contribution in [0.5, 0.6) is 0 Å². The van der Waals surface area contributed by atoms with Gasteiger partial charge in [0, 0.05) is 13.0 Å². The van der Waals surface area contributed by atoms with Crippen molar-refractivity contribution in [3.63, 3.8) is 0 Å². The van der Waals surface area contributed by atoms with Crippen molar-refractivity contribution >= 4 is 5.57 Å². The summed E-state index contributed by atoms with van der Waals surface area (Å²) >= 11 is 0. The molecule has 1 aromatic heterocycles. The molecule has 0 spiro atoms. The standard InChI is InChI=1S/C36H41N3O/c1-5-38-34(37-39(35(38)40)28-30-23-25-33(26-24-30)36(2,3)4)22-16-18-29-17-15-21-32(27-29)31-19-13-11-9-7-6-8-10-12-14-20-31/h6-15,17,19-21,23-27H,5,16,18,22,28H2,1-4H3/b7-6-,8-6?,9-7?,10-8-,11-9-,12-10?,13-11?,14-12-,19-13?,20-14?,31-19?,31-20?. The van der Waals surface area contributed by atoms with Crippen molar-refractivity contribution in [2.75, 3.05) is 0 Å². The molecule has 4 nitrogen and oxygen atoms in total. The molecule has 0 unspecified atom stereocenters. The van der Waals surface area contributed by atoms with Crippen molar-refractivity contribution in [3.8, 4) is 0 Å². The number of rotatable bonds is 8. The maximum Gasteiger partial charge on any atom is 0.346 e. The summed E-state index contributed by atoms with van der Waals surface area (Å²) in [7, 11) is 0. The molecule has 206 valence electrons. The Balaban J connectivity index is 1.43. The van der Waals surface area contributed by atoms with Crippen LogP contribution in [0.15, 0.2) is 120 Å². The van der Waals surface area contributed by atoms with E-state index in [9.17, 15) is 4.79 Å². The fourth-order valence-corrected chi connectivity index (χ4v) is 4.75. The van der Waals surface area contributed by atoms with Gasteiger partial charge in [-0.25, -0.2) is 9.48 Å². The number of aryl methyl sites for hydroxylation is 2. The third kappa shape index (κ3) is 7.92. The van der Waals surface area contributed by atoms with E-state index >= 15 is 0 Å². The summed E-state index contributed by atoms with van der Waals surface area (Å²) in [5.74, 6) is 0.860. The van der Waals surface area contributed by atoms with Gasteiger partial charge in [-0.3, -0.25) is 4.57 Å². The normalized spacial score (nSPS) is 16.9. The summed E-state index contributed by atoms with van der Waals surface area (Å²) in [6.45, 7) is 9.75. The highest BCUT2D eigenvalue weighted by molar-refractivity contribution is 5.76. The van der Waals surface area contributed by atoms with Gasteiger partial charge in [0.05, 0.1) is 6.54 Å². The maximum absolute atomic E-state index is 13.1. The molecule has 0 saturated heterocycles. The Bertz CT molecular complexity index is 1510. The Labute approximate surface area is 239 Å². The molecule has 3 aromatic rings. The van der Waals surface area contributed by atoms with Gasteiger partial charge in [0.2, 0.25) is 0 Å². The molecule has 0 bridgehead atoms. The lowest BCUT2D eigenvalue weighted by atomic mass is 9.87. The molecule has 0 atom stereocenters. The molecule has 1 heterocycles. The summed E-state index contributed by atoms with van der Waals surface area (Å²) in [4.78, 5) is 13.1. The molecule has 0 radical (unpaired) electrons. The Morgan fingerprint density at radius 2 is 1.45 bits per heavy atom. The van der Waals surface area contributed by atoms with Gasteiger partial charge in [-0.2, -0.15) is 5.10 Å². The predicted octanol–water partition coefficient (Wildman–Crippen LogP) is 7.76. The molecule has 0 aliphatic heterocycles. The lowest BCUT2D eigenvalue weighted by Gasteiger charge is -2.19. The monoisotopic (exact) mass is 531 g/mol. The second-order valence-electron chi connectivity index (χ2n) is 11.1. The number of benzene rings is 2. The van der Waals surface area contributed by atoms with Gasteiger partial charge in [-0.15, -0.1) is 0 Å². The summed E-state index contributed by atoms with van der Waals surface area (Å²) in [5, 5.41) is 4.74. The van der Waals surface area contributed by atoms with E-state index in [1.54, 1.807) is 4.68 Å². The number of allylic oxidation sites excluding steroid dienone is 12. The highest BCUT2D eigenvalue weighted by Gasteiger charge is 2.15.